The van der Waals surface area contributed by atoms with Gasteiger partial charge >= 0.3 is 11.9 Å². The van der Waals surface area contributed by atoms with E-state index in [4.69, 9.17) is 5.11 Å². The summed E-state index contributed by atoms with van der Waals surface area (Å²) in [5.41, 5.74) is 0. The Morgan fingerprint density at radius 1 is 1.83 bits per heavy atom. The lowest BCUT2D eigenvalue weighted by Crippen LogP contribution is -2.24. The lowest BCUT2D eigenvalue weighted by molar-refractivity contribution is -0.148. The summed E-state index contributed by atoms with van der Waals surface area (Å²) in [6.07, 6.45) is -1.73. The maximum Gasteiger partial charge on any atom is 0.309 e. The standard InChI is InChI=1S/C7H10O5/c1-11-6(9)3-5-4(8)2-7(10)12-5/h4-5,8H,2-3H2,1H3/t4-,5+/m1/s1. The number of aliphatic hydroxyl groups is 1. The number of rotatable bonds is 2. The van der Waals surface area contributed by atoms with Gasteiger partial charge in [-0.15, -0.1) is 0 Å². The molecule has 0 amide bonds. The molecular weight excluding hydrogens is 164 g/mol. The quantitative estimate of drug-likeness (QED) is 0.556. The molecule has 68 valence electrons. The van der Waals surface area contributed by atoms with Gasteiger partial charge in [0, 0.05) is 0 Å². The molecule has 1 N–H and O–H groups in total. The fraction of sp³-hybridized carbons (Fsp3) is 0.714. The van der Waals surface area contributed by atoms with Crippen molar-refractivity contribution in [3.63, 3.8) is 0 Å². The van der Waals surface area contributed by atoms with Crippen LogP contribution in [0.5, 0.6) is 0 Å². The molecule has 0 aromatic rings. The zero-order valence-corrected chi connectivity index (χ0v) is 6.65. The molecule has 1 saturated heterocycles. The smallest absolute Gasteiger partial charge is 0.309 e. The number of esters is 2. The van der Waals surface area contributed by atoms with Gasteiger partial charge in [-0.1, -0.05) is 0 Å². The summed E-state index contributed by atoms with van der Waals surface area (Å²) in [5.74, 6) is -0.967. The van der Waals surface area contributed by atoms with E-state index in [2.05, 4.69) is 9.47 Å². The molecule has 0 radical (unpaired) electrons. The first-order valence-corrected chi connectivity index (χ1v) is 3.58. The predicted octanol–water partition coefficient (Wildman–Crippen LogP) is -0.774. The van der Waals surface area contributed by atoms with Gasteiger partial charge in [0.15, 0.2) is 0 Å². The second kappa shape index (κ2) is 3.53. The second-order valence-electron chi connectivity index (χ2n) is 2.58. The summed E-state index contributed by atoms with van der Waals surface area (Å²) >= 11 is 0. The van der Waals surface area contributed by atoms with Gasteiger partial charge in [-0.25, -0.2) is 0 Å². The summed E-state index contributed by atoms with van der Waals surface area (Å²) in [5, 5.41) is 9.15. The number of methoxy groups -OCH3 is 1. The summed E-state index contributed by atoms with van der Waals surface area (Å²) in [6, 6.07) is 0. The van der Waals surface area contributed by atoms with Gasteiger partial charge in [-0.2, -0.15) is 0 Å². The summed E-state index contributed by atoms with van der Waals surface area (Å²) in [4.78, 5) is 21.3. The molecule has 1 aliphatic heterocycles. The van der Waals surface area contributed by atoms with Crippen LogP contribution in [0.2, 0.25) is 0 Å². The van der Waals surface area contributed by atoms with Gasteiger partial charge in [0.25, 0.3) is 0 Å². The molecule has 0 bridgehead atoms. The Labute approximate surface area is 69.3 Å². The van der Waals surface area contributed by atoms with E-state index in [0.29, 0.717) is 0 Å². The number of hydrogen-bond acceptors (Lipinski definition) is 5. The van der Waals surface area contributed by atoms with Gasteiger partial charge in [0.05, 0.1) is 20.0 Å². The minimum absolute atomic E-state index is 0.0400. The predicted molar refractivity (Wildman–Crippen MR) is 37.1 cm³/mol. The molecule has 0 aliphatic carbocycles. The van der Waals surface area contributed by atoms with Crippen molar-refractivity contribution in [3.8, 4) is 0 Å². The van der Waals surface area contributed by atoms with Gasteiger partial charge in [-0.3, -0.25) is 9.59 Å². The van der Waals surface area contributed by atoms with E-state index in [-0.39, 0.29) is 12.8 Å². The van der Waals surface area contributed by atoms with Crippen molar-refractivity contribution < 1.29 is 24.2 Å². The highest BCUT2D eigenvalue weighted by Crippen LogP contribution is 2.17. The first-order chi connectivity index (χ1) is 5.63. The number of carbonyl (C=O) groups is 2. The van der Waals surface area contributed by atoms with Crippen molar-refractivity contribution in [3.05, 3.63) is 0 Å². The van der Waals surface area contributed by atoms with Crippen molar-refractivity contribution >= 4 is 11.9 Å². The van der Waals surface area contributed by atoms with E-state index in [1.165, 1.54) is 7.11 Å². The van der Waals surface area contributed by atoms with E-state index < -0.39 is 24.1 Å². The van der Waals surface area contributed by atoms with Crippen LogP contribution in [0.4, 0.5) is 0 Å². The molecule has 1 heterocycles. The highest BCUT2D eigenvalue weighted by molar-refractivity contribution is 5.75. The molecule has 12 heavy (non-hydrogen) atoms. The zero-order chi connectivity index (χ0) is 9.14. The van der Waals surface area contributed by atoms with Crippen molar-refractivity contribution in [2.75, 3.05) is 7.11 Å². The Morgan fingerprint density at radius 2 is 2.50 bits per heavy atom. The normalized spacial score (nSPS) is 28.3. The highest BCUT2D eigenvalue weighted by atomic mass is 16.6. The largest absolute Gasteiger partial charge is 0.469 e. The lowest BCUT2D eigenvalue weighted by atomic mass is 10.1. The first kappa shape index (κ1) is 8.99. The van der Waals surface area contributed by atoms with Crippen LogP contribution in [0.3, 0.4) is 0 Å². The van der Waals surface area contributed by atoms with E-state index in [9.17, 15) is 9.59 Å². The Kier molecular flexibility index (Phi) is 2.65. The van der Waals surface area contributed by atoms with E-state index >= 15 is 0 Å². The second-order valence-corrected chi connectivity index (χ2v) is 2.58. The van der Waals surface area contributed by atoms with E-state index in [1.807, 2.05) is 0 Å². The number of carbonyl (C=O) groups excluding carboxylic acids is 2. The summed E-state index contributed by atoms with van der Waals surface area (Å²) < 4.78 is 9.01. The van der Waals surface area contributed by atoms with Crippen molar-refractivity contribution in [2.45, 2.75) is 25.0 Å². The molecule has 0 aromatic carbocycles. The van der Waals surface area contributed by atoms with Crippen LogP contribution in [0.15, 0.2) is 0 Å². The number of hydrogen-bond donors (Lipinski definition) is 1. The lowest BCUT2D eigenvalue weighted by Gasteiger charge is -2.10. The van der Waals surface area contributed by atoms with E-state index in [1.54, 1.807) is 0 Å². The monoisotopic (exact) mass is 174 g/mol. The summed E-state index contributed by atoms with van der Waals surface area (Å²) in [6.45, 7) is 0. The van der Waals surface area contributed by atoms with Crippen LogP contribution < -0.4 is 0 Å². The molecule has 1 rings (SSSR count). The molecule has 0 saturated carbocycles. The van der Waals surface area contributed by atoms with E-state index in [0.717, 1.165) is 0 Å². The molecule has 0 unspecified atom stereocenters. The fourth-order valence-corrected chi connectivity index (χ4v) is 1.02. The number of aliphatic hydroxyl groups excluding tert-OH is 1. The van der Waals surface area contributed by atoms with Crippen LogP contribution in [-0.4, -0.2) is 36.4 Å². The molecule has 1 fully saturated rings. The summed E-state index contributed by atoms with van der Waals surface area (Å²) in [7, 11) is 1.24. The molecule has 0 spiro atoms. The number of cyclic esters (lactones) is 1. The average Bonchev–Trinajstić information content (AvgIpc) is 2.30. The van der Waals surface area contributed by atoms with Crippen LogP contribution in [0, 0.1) is 0 Å². The molecule has 0 aromatic heterocycles. The van der Waals surface area contributed by atoms with Gasteiger partial charge in [0.2, 0.25) is 0 Å². The SMILES string of the molecule is COC(=O)C[C@@H]1OC(=O)C[C@H]1O. The van der Waals surface area contributed by atoms with Crippen molar-refractivity contribution in [2.24, 2.45) is 0 Å². The molecule has 5 nitrogen and oxygen atoms in total. The van der Waals surface area contributed by atoms with Crippen LogP contribution in [0.1, 0.15) is 12.8 Å². The Morgan fingerprint density at radius 3 is 2.92 bits per heavy atom. The number of ether oxygens (including phenoxy) is 2. The van der Waals surface area contributed by atoms with Gasteiger partial charge in [0.1, 0.15) is 12.2 Å². The zero-order valence-electron chi connectivity index (χ0n) is 6.65. The maximum absolute atomic E-state index is 10.7. The first-order valence-electron chi connectivity index (χ1n) is 3.58. The fourth-order valence-electron chi connectivity index (χ4n) is 1.02. The third-order valence-corrected chi connectivity index (χ3v) is 1.68. The van der Waals surface area contributed by atoms with Crippen molar-refractivity contribution in [1.29, 1.82) is 0 Å². The van der Waals surface area contributed by atoms with Gasteiger partial charge in [-0.05, 0) is 0 Å². The topological polar surface area (TPSA) is 72.8 Å². The van der Waals surface area contributed by atoms with Crippen molar-refractivity contribution in [1.82, 2.24) is 0 Å². The Hall–Kier alpha value is -1.10. The third-order valence-electron chi connectivity index (χ3n) is 1.68. The highest BCUT2D eigenvalue weighted by Gasteiger charge is 2.34. The molecule has 2 atom stereocenters. The molecular formula is C7H10O5. The van der Waals surface area contributed by atoms with Crippen LogP contribution in [0.25, 0.3) is 0 Å². The minimum atomic E-state index is -0.878. The molecule has 5 heteroatoms. The maximum atomic E-state index is 10.7. The Balaban J connectivity index is 2.42. The molecule has 1 aliphatic rings. The van der Waals surface area contributed by atoms with Gasteiger partial charge < -0.3 is 14.6 Å². The Bertz CT molecular complexity index is 200. The average molecular weight is 174 g/mol. The third kappa shape index (κ3) is 1.94. The van der Waals surface area contributed by atoms with Crippen LogP contribution >= 0.6 is 0 Å². The van der Waals surface area contributed by atoms with Crippen LogP contribution in [-0.2, 0) is 19.1 Å². The minimum Gasteiger partial charge on any atom is -0.469 e.